The van der Waals surface area contributed by atoms with E-state index in [-0.39, 0.29) is 30.0 Å². The van der Waals surface area contributed by atoms with Gasteiger partial charge < -0.3 is 14.4 Å². The molecule has 3 aromatic rings. The minimum Gasteiger partial charge on any atom is -0.481 e. The maximum absolute atomic E-state index is 12.6. The first-order valence-corrected chi connectivity index (χ1v) is 12.5. The van der Waals surface area contributed by atoms with Crippen LogP contribution in [0.3, 0.4) is 0 Å². The summed E-state index contributed by atoms with van der Waals surface area (Å²) in [6.45, 7) is 4.91. The Morgan fingerprint density at radius 2 is 1.97 bits per heavy atom. The van der Waals surface area contributed by atoms with Crippen LogP contribution in [-0.2, 0) is 22.5 Å². The van der Waals surface area contributed by atoms with Crippen LogP contribution in [-0.4, -0.2) is 49.7 Å². The fourth-order valence-electron chi connectivity index (χ4n) is 5.88. The number of hydrogen-bond acceptors (Lipinski definition) is 5. The lowest BCUT2D eigenvalue weighted by Crippen LogP contribution is -2.42. The summed E-state index contributed by atoms with van der Waals surface area (Å²) in [6.07, 6.45) is 8.04. The van der Waals surface area contributed by atoms with Gasteiger partial charge in [0.05, 0.1) is 36.3 Å². The molecular weight excluding hydrogens is 446 g/mol. The first-order valence-electron chi connectivity index (χ1n) is 12.5. The second kappa shape index (κ2) is 9.36. The molecule has 1 amide bonds. The highest BCUT2D eigenvalue weighted by atomic mass is 16.5. The van der Waals surface area contributed by atoms with Crippen LogP contribution in [0.1, 0.15) is 69.3 Å². The van der Waals surface area contributed by atoms with Crippen molar-refractivity contribution in [3.63, 3.8) is 0 Å². The summed E-state index contributed by atoms with van der Waals surface area (Å²) in [4.78, 5) is 31.1. The second-order valence-electron chi connectivity index (χ2n) is 9.97. The summed E-state index contributed by atoms with van der Waals surface area (Å²) in [7, 11) is 1.42. The van der Waals surface area contributed by atoms with Gasteiger partial charge in [-0.15, -0.1) is 0 Å². The van der Waals surface area contributed by atoms with E-state index < -0.39 is 5.97 Å². The van der Waals surface area contributed by atoms with E-state index in [1.807, 2.05) is 29.9 Å². The van der Waals surface area contributed by atoms with E-state index in [9.17, 15) is 14.7 Å². The number of aromatic nitrogens is 4. The number of amides is 1. The quantitative estimate of drug-likeness (QED) is 0.566. The van der Waals surface area contributed by atoms with E-state index in [4.69, 9.17) is 9.72 Å². The number of aliphatic carboxylic acids is 1. The Morgan fingerprint density at radius 3 is 2.63 bits per heavy atom. The molecule has 1 N–H and O–H groups in total. The van der Waals surface area contributed by atoms with Crippen molar-refractivity contribution in [3.05, 3.63) is 42.0 Å². The van der Waals surface area contributed by atoms with Gasteiger partial charge in [0.15, 0.2) is 0 Å². The number of carbonyl (C=O) groups is 2. The SMILES string of the molecule is COC(=O)N1c2ccc3c(nc([C@H](C)Cn4cccn4)n3C3CCC(C(=O)O)CC3)c2CC[C@@H]1C. The minimum atomic E-state index is -0.697. The Hall–Kier alpha value is -3.36. The summed E-state index contributed by atoms with van der Waals surface area (Å²) in [5.74, 6) is 0.131. The number of benzene rings is 1. The fraction of sp³-hybridized carbons (Fsp3) is 0.538. The summed E-state index contributed by atoms with van der Waals surface area (Å²) in [6, 6.07) is 6.26. The van der Waals surface area contributed by atoms with Gasteiger partial charge >= 0.3 is 12.1 Å². The van der Waals surface area contributed by atoms with Crippen LogP contribution in [0.15, 0.2) is 30.6 Å². The van der Waals surface area contributed by atoms with Crippen molar-refractivity contribution in [2.75, 3.05) is 12.0 Å². The van der Waals surface area contributed by atoms with E-state index in [1.54, 1.807) is 11.1 Å². The van der Waals surface area contributed by atoms with E-state index in [0.29, 0.717) is 19.4 Å². The van der Waals surface area contributed by atoms with Gasteiger partial charge in [-0.1, -0.05) is 6.92 Å². The lowest BCUT2D eigenvalue weighted by atomic mass is 9.85. The highest BCUT2D eigenvalue weighted by Gasteiger charge is 2.34. The maximum atomic E-state index is 12.6. The van der Waals surface area contributed by atoms with Crippen molar-refractivity contribution in [3.8, 4) is 0 Å². The molecule has 9 heteroatoms. The lowest BCUT2D eigenvalue weighted by molar-refractivity contribution is -0.143. The molecule has 2 aromatic heterocycles. The number of anilines is 1. The average molecular weight is 480 g/mol. The third-order valence-corrected chi connectivity index (χ3v) is 7.73. The van der Waals surface area contributed by atoms with Gasteiger partial charge in [0, 0.05) is 36.0 Å². The number of nitrogens with zero attached hydrogens (tertiary/aromatic N) is 5. The van der Waals surface area contributed by atoms with Crippen molar-refractivity contribution in [1.82, 2.24) is 19.3 Å². The predicted octanol–water partition coefficient (Wildman–Crippen LogP) is 4.76. The van der Waals surface area contributed by atoms with Gasteiger partial charge in [0.25, 0.3) is 0 Å². The van der Waals surface area contributed by atoms with Gasteiger partial charge in [-0.3, -0.25) is 14.4 Å². The minimum absolute atomic E-state index is 0.0546. The number of carboxylic acid groups (broad SMARTS) is 1. The molecule has 1 aliphatic heterocycles. The molecule has 0 spiro atoms. The van der Waals surface area contributed by atoms with E-state index in [2.05, 4.69) is 22.7 Å². The molecule has 0 unspecified atom stereocenters. The number of ether oxygens (including phenoxy) is 1. The number of imidazole rings is 1. The van der Waals surface area contributed by atoms with Gasteiger partial charge in [-0.25, -0.2) is 9.78 Å². The van der Waals surface area contributed by atoms with Crippen LogP contribution in [0.4, 0.5) is 10.5 Å². The monoisotopic (exact) mass is 479 g/mol. The van der Waals surface area contributed by atoms with Gasteiger partial charge in [0.2, 0.25) is 0 Å². The Balaban J connectivity index is 1.60. The van der Waals surface area contributed by atoms with Crippen LogP contribution in [0.25, 0.3) is 11.0 Å². The normalized spacial score (nSPS) is 23.2. The molecule has 1 aromatic carbocycles. The number of carbonyl (C=O) groups excluding carboxylic acids is 1. The summed E-state index contributed by atoms with van der Waals surface area (Å²) >= 11 is 0. The largest absolute Gasteiger partial charge is 0.481 e. The summed E-state index contributed by atoms with van der Waals surface area (Å²) in [5, 5.41) is 13.9. The van der Waals surface area contributed by atoms with Crippen molar-refractivity contribution >= 4 is 28.8 Å². The molecule has 0 radical (unpaired) electrons. The number of fused-ring (bicyclic) bond motifs is 3. The smallest absolute Gasteiger partial charge is 0.414 e. The Kier molecular flexibility index (Phi) is 6.25. The molecule has 5 rings (SSSR count). The first kappa shape index (κ1) is 23.4. The van der Waals surface area contributed by atoms with Gasteiger partial charge in [0.1, 0.15) is 5.82 Å². The van der Waals surface area contributed by atoms with Crippen molar-refractivity contribution in [2.24, 2.45) is 5.92 Å². The molecule has 186 valence electrons. The molecule has 35 heavy (non-hydrogen) atoms. The zero-order chi connectivity index (χ0) is 24.7. The molecule has 1 saturated carbocycles. The Bertz CT molecular complexity index is 1230. The topological polar surface area (TPSA) is 102 Å². The van der Waals surface area contributed by atoms with Crippen LogP contribution in [0.5, 0.6) is 0 Å². The molecule has 0 bridgehead atoms. The second-order valence-corrected chi connectivity index (χ2v) is 9.97. The molecule has 0 saturated heterocycles. The summed E-state index contributed by atoms with van der Waals surface area (Å²) in [5.41, 5.74) is 3.94. The number of hydrogen-bond donors (Lipinski definition) is 1. The zero-order valence-electron chi connectivity index (χ0n) is 20.6. The fourth-order valence-corrected chi connectivity index (χ4v) is 5.88. The molecule has 1 fully saturated rings. The number of rotatable bonds is 5. The average Bonchev–Trinajstić information content (AvgIpc) is 3.51. The third-order valence-electron chi connectivity index (χ3n) is 7.73. The Labute approximate surface area is 204 Å². The zero-order valence-corrected chi connectivity index (χ0v) is 20.6. The van der Waals surface area contributed by atoms with Crippen LogP contribution >= 0.6 is 0 Å². The van der Waals surface area contributed by atoms with Crippen LogP contribution in [0.2, 0.25) is 0 Å². The standard InChI is InChI=1S/C26H33N5O4/c1-16(15-29-14-4-13-27-29)24-28-23-20-10-5-17(2)30(26(34)35-3)21(20)11-12-22(23)31(24)19-8-6-18(7-9-19)25(32)33/h4,11-14,16-19H,5-10,15H2,1-3H3,(H,32,33)/t16-,17+,18?,19?/m1/s1. The number of methoxy groups -OCH3 is 1. The number of aryl methyl sites for hydroxylation is 1. The number of carboxylic acids is 1. The van der Waals surface area contributed by atoms with Gasteiger partial charge in [-0.2, -0.15) is 5.10 Å². The van der Waals surface area contributed by atoms with Crippen molar-refractivity contribution < 1.29 is 19.4 Å². The Morgan fingerprint density at radius 1 is 1.20 bits per heavy atom. The highest BCUT2D eigenvalue weighted by Crippen LogP contribution is 2.41. The third kappa shape index (κ3) is 4.17. The summed E-state index contributed by atoms with van der Waals surface area (Å²) < 4.78 is 9.36. The van der Waals surface area contributed by atoms with E-state index in [0.717, 1.165) is 53.8 Å². The van der Waals surface area contributed by atoms with Crippen LogP contribution < -0.4 is 4.90 Å². The lowest BCUT2D eigenvalue weighted by Gasteiger charge is -2.34. The van der Waals surface area contributed by atoms with Gasteiger partial charge in [-0.05, 0) is 63.6 Å². The maximum Gasteiger partial charge on any atom is 0.414 e. The molecule has 2 atom stereocenters. The first-order chi connectivity index (χ1) is 16.9. The molecular formula is C26H33N5O4. The van der Waals surface area contributed by atoms with Crippen LogP contribution in [0, 0.1) is 5.92 Å². The molecule has 3 heterocycles. The van der Waals surface area contributed by atoms with Crippen molar-refractivity contribution in [1.29, 1.82) is 0 Å². The van der Waals surface area contributed by atoms with E-state index in [1.165, 1.54) is 7.11 Å². The molecule has 2 aliphatic rings. The molecule has 9 nitrogen and oxygen atoms in total. The predicted molar refractivity (Wildman–Crippen MR) is 132 cm³/mol. The van der Waals surface area contributed by atoms with E-state index >= 15 is 0 Å². The molecule has 1 aliphatic carbocycles. The van der Waals surface area contributed by atoms with Crippen molar-refractivity contribution in [2.45, 2.75) is 76.9 Å². The highest BCUT2D eigenvalue weighted by molar-refractivity contribution is 5.95.